The number of thiazole rings is 1. The van der Waals surface area contributed by atoms with Crippen LogP contribution in [0.1, 0.15) is 49.5 Å². The summed E-state index contributed by atoms with van der Waals surface area (Å²) in [5.41, 5.74) is 0.414. The van der Waals surface area contributed by atoms with Gasteiger partial charge in [0.2, 0.25) is 0 Å². The molecule has 2 rings (SSSR count). The van der Waals surface area contributed by atoms with Crippen molar-refractivity contribution in [1.82, 2.24) is 4.98 Å². The fraction of sp³-hybridized carbons (Fsp3) is 0.714. The van der Waals surface area contributed by atoms with E-state index in [1.807, 2.05) is 0 Å². The van der Waals surface area contributed by atoms with Crippen LogP contribution in [0.5, 0.6) is 0 Å². The zero-order chi connectivity index (χ0) is 13.8. The van der Waals surface area contributed by atoms with Gasteiger partial charge in [-0.25, -0.2) is 9.78 Å². The van der Waals surface area contributed by atoms with Crippen LogP contribution in [0.25, 0.3) is 0 Å². The fourth-order valence-corrected chi connectivity index (χ4v) is 3.55. The minimum Gasteiger partial charge on any atom is -0.464 e. The number of methoxy groups -OCH3 is 1. The number of esters is 1. The number of hydrogen-bond donors (Lipinski definition) is 0. The molecule has 0 amide bonds. The summed E-state index contributed by atoms with van der Waals surface area (Å²) in [6.07, 6.45) is 6.35. The predicted molar refractivity (Wildman–Crippen MR) is 77.9 cm³/mol. The minimum absolute atomic E-state index is 0.356. The molecule has 106 valence electrons. The lowest BCUT2D eigenvalue weighted by Crippen LogP contribution is -2.35. The van der Waals surface area contributed by atoms with Gasteiger partial charge >= 0.3 is 5.97 Å². The molecule has 1 fully saturated rings. The van der Waals surface area contributed by atoms with Crippen LogP contribution in [0.15, 0.2) is 5.38 Å². The Morgan fingerprint density at radius 1 is 1.47 bits per heavy atom. The first-order valence-corrected chi connectivity index (χ1v) is 7.80. The summed E-state index contributed by atoms with van der Waals surface area (Å²) in [5, 5.41) is 2.69. The van der Waals surface area contributed by atoms with Gasteiger partial charge < -0.3 is 9.64 Å². The zero-order valence-electron chi connectivity index (χ0n) is 11.9. The third-order valence-corrected chi connectivity index (χ3v) is 5.06. The Kier molecular flexibility index (Phi) is 4.80. The second-order valence-corrected chi connectivity index (χ2v) is 6.04. The van der Waals surface area contributed by atoms with E-state index in [9.17, 15) is 4.79 Å². The first-order valence-electron chi connectivity index (χ1n) is 6.92. The molecule has 0 atom stereocenters. The van der Waals surface area contributed by atoms with Gasteiger partial charge in [0.05, 0.1) is 7.11 Å². The third-order valence-electron chi connectivity index (χ3n) is 4.13. The summed E-state index contributed by atoms with van der Waals surface area (Å²) in [6, 6.07) is 0.555. The second kappa shape index (κ2) is 6.37. The average molecular weight is 282 g/mol. The van der Waals surface area contributed by atoms with Gasteiger partial charge in [-0.1, -0.05) is 13.3 Å². The highest BCUT2D eigenvalue weighted by atomic mass is 32.1. The summed E-state index contributed by atoms with van der Waals surface area (Å²) in [5.74, 6) is 0.539. The van der Waals surface area contributed by atoms with Gasteiger partial charge in [-0.2, -0.15) is 0 Å². The first kappa shape index (κ1) is 14.3. The van der Waals surface area contributed by atoms with E-state index < -0.39 is 0 Å². The van der Waals surface area contributed by atoms with Crippen LogP contribution in [0.4, 0.5) is 5.13 Å². The molecule has 0 radical (unpaired) electrons. The Morgan fingerprint density at radius 2 is 2.16 bits per heavy atom. The van der Waals surface area contributed by atoms with E-state index in [1.165, 1.54) is 50.6 Å². The molecule has 0 aliphatic heterocycles. The minimum atomic E-state index is -0.356. The third kappa shape index (κ3) is 3.26. The molecule has 1 aromatic heterocycles. The van der Waals surface area contributed by atoms with E-state index in [-0.39, 0.29) is 5.97 Å². The van der Waals surface area contributed by atoms with Crippen molar-refractivity contribution >= 4 is 22.4 Å². The molecule has 0 unspecified atom stereocenters. The van der Waals surface area contributed by atoms with E-state index in [0.29, 0.717) is 11.7 Å². The quantitative estimate of drug-likeness (QED) is 0.794. The summed E-state index contributed by atoms with van der Waals surface area (Å²) in [7, 11) is 3.47. The molecule has 19 heavy (non-hydrogen) atoms. The Bertz CT molecular complexity index is 425. The van der Waals surface area contributed by atoms with Crippen LogP contribution in [-0.4, -0.2) is 31.2 Å². The summed E-state index contributed by atoms with van der Waals surface area (Å²) >= 11 is 1.52. The van der Waals surface area contributed by atoms with Gasteiger partial charge in [0.1, 0.15) is 0 Å². The zero-order valence-corrected chi connectivity index (χ0v) is 12.7. The van der Waals surface area contributed by atoms with Gasteiger partial charge in [0.15, 0.2) is 10.8 Å². The number of rotatable bonds is 4. The SMILES string of the molecule is CCC1CCC(N(C)c2nc(C(=O)OC)cs2)CC1. The maximum absolute atomic E-state index is 11.4. The largest absolute Gasteiger partial charge is 0.464 e. The smallest absolute Gasteiger partial charge is 0.357 e. The Labute approximate surface area is 118 Å². The lowest BCUT2D eigenvalue weighted by molar-refractivity contribution is 0.0595. The molecule has 0 aromatic carbocycles. The van der Waals surface area contributed by atoms with Crippen molar-refractivity contribution in [3.05, 3.63) is 11.1 Å². The van der Waals surface area contributed by atoms with E-state index in [4.69, 9.17) is 4.74 Å². The number of ether oxygens (including phenoxy) is 1. The molecule has 1 aliphatic rings. The fourth-order valence-electron chi connectivity index (χ4n) is 2.72. The van der Waals surface area contributed by atoms with Crippen molar-refractivity contribution in [2.24, 2.45) is 5.92 Å². The van der Waals surface area contributed by atoms with Gasteiger partial charge in [-0.05, 0) is 31.6 Å². The molecule has 1 heterocycles. The van der Waals surface area contributed by atoms with Crippen molar-refractivity contribution in [1.29, 1.82) is 0 Å². The average Bonchev–Trinajstić information content (AvgIpc) is 2.95. The number of hydrogen-bond acceptors (Lipinski definition) is 5. The molecule has 0 spiro atoms. The maximum Gasteiger partial charge on any atom is 0.357 e. The van der Waals surface area contributed by atoms with Crippen molar-refractivity contribution < 1.29 is 9.53 Å². The number of anilines is 1. The van der Waals surface area contributed by atoms with E-state index in [1.54, 1.807) is 5.38 Å². The molecular weight excluding hydrogens is 260 g/mol. The molecule has 1 aliphatic carbocycles. The van der Waals surface area contributed by atoms with E-state index in [0.717, 1.165) is 11.0 Å². The van der Waals surface area contributed by atoms with Crippen LogP contribution in [0, 0.1) is 5.92 Å². The number of aromatic nitrogens is 1. The van der Waals surface area contributed by atoms with Gasteiger partial charge in [-0.3, -0.25) is 0 Å². The van der Waals surface area contributed by atoms with Crippen LogP contribution in [-0.2, 0) is 4.74 Å². The molecule has 5 heteroatoms. The van der Waals surface area contributed by atoms with E-state index in [2.05, 4.69) is 23.9 Å². The van der Waals surface area contributed by atoms with Crippen LogP contribution in [0.2, 0.25) is 0 Å². The molecule has 1 saturated carbocycles. The lowest BCUT2D eigenvalue weighted by Gasteiger charge is -2.34. The van der Waals surface area contributed by atoms with Gasteiger partial charge in [-0.15, -0.1) is 11.3 Å². The Morgan fingerprint density at radius 3 is 2.74 bits per heavy atom. The number of nitrogens with zero attached hydrogens (tertiary/aromatic N) is 2. The molecule has 0 N–H and O–H groups in total. The Hall–Kier alpha value is -1.10. The topological polar surface area (TPSA) is 42.4 Å². The highest BCUT2D eigenvalue weighted by Crippen LogP contribution is 2.32. The van der Waals surface area contributed by atoms with Crippen molar-refractivity contribution in [3.63, 3.8) is 0 Å². The van der Waals surface area contributed by atoms with Crippen LogP contribution >= 0.6 is 11.3 Å². The van der Waals surface area contributed by atoms with Crippen LogP contribution in [0.3, 0.4) is 0 Å². The first-order chi connectivity index (χ1) is 9.15. The van der Waals surface area contributed by atoms with Crippen molar-refractivity contribution in [2.45, 2.75) is 45.1 Å². The molecule has 0 saturated heterocycles. The highest BCUT2D eigenvalue weighted by molar-refractivity contribution is 7.13. The van der Waals surface area contributed by atoms with Crippen molar-refractivity contribution in [2.75, 3.05) is 19.1 Å². The summed E-state index contributed by atoms with van der Waals surface area (Å²) in [4.78, 5) is 18.0. The summed E-state index contributed by atoms with van der Waals surface area (Å²) in [6.45, 7) is 2.28. The van der Waals surface area contributed by atoms with Gasteiger partial charge in [0.25, 0.3) is 0 Å². The van der Waals surface area contributed by atoms with Crippen LogP contribution < -0.4 is 4.90 Å². The van der Waals surface area contributed by atoms with E-state index >= 15 is 0 Å². The standard InChI is InChI=1S/C14H22N2O2S/c1-4-10-5-7-11(8-6-10)16(2)14-15-12(9-19-14)13(17)18-3/h9-11H,4-8H2,1-3H3. The van der Waals surface area contributed by atoms with Crippen molar-refractivity contribution in [3.8, 4) is 0 Å². The lowest BCUT2D eigenvalue weighted by atomic mass is 9.84. The number of carbonyl (C=O) groups excluding carboxylic acids is 1. The molecule has 0 bridgehead atoms. The van der Waals surface area contributed by atoms with Gasteiger partial charge in [0, 0.05) is 18.5 Å². The molecule has 1 aromatic rings. The second-order valence-electron chi connectivity index (χ2n) is 5.20. The monoisotopic (exact) mass is 282 g/mol. The normalized spacial score (nSPS) is 23.1. The summed E-state index contributed by atoms with van der Waals surface area (Å²) < 4.78 is 4.69. The number of carbonyl (C=O) groups is 1. The maximum atomic E-state index is 11.4. The molecular formula is C14H22N2O2S. The molecule has 4 nitrogen and oxygen atoms in total. The Balaban J connectivity index is 1.98. The predicted octanol–water partition coefficient (Wildman–Crippen LogP) is 3.33. The highest BCUT2D eigenvalue weighted by Gasteiger charge is 2.25.